The number of carbonyl (C=O) groups excluding carboxylic acids is 1. The molecule has 0 spiro atoms. The highest BCUT2D eigenvalue weighted by Gasteiger charge is 2.41. The summed E-state index contributed by atoms with van der Waals surface area (Å²) in [5.74, 6) is -0.0560. The number of piperidine rings is 1. The Morgan fingerprint density at radius 2 is 1.72 bits per heavy atom. The maximum Gasteiger partial charge on any atom is 0.323 e. The lowest BCUT2D eigenvalue weighted by atomic mass is 9.92. The van der Waals surface area contributed by atoms with Crippen molar-refractivity contribution >= 4 is 5.97 Å². The first-order valence-electron chi connectivity index (χ1n) is 7.02. The van der Waals surface area contributed by atoms with Gasteiger partial charge in [0.25, 0.3) is 0 Å². The quantitative estimate of drug-likeness (QED) is 0.699. The fourth-order valence-electron chi connectivity index (χ4n) is 3.10. The van der Waals surface area contributed by atoms with Crippen molar-refractivity contribution in [3.63, 3.8) is 0 Å². The molecule has 2 aliphatic rings. The molecule has 2 heterocycles. The maximum atomic E-state index is 11.6. The minimum Gasteiger partial charge on any atom is -0.468 e. The number of rotatable bonds is 2. The molecule has 1 atom stereocenters. The van der Waals surface area contributed by atoms with Gasteiger partial charge in [0.2, 0.25) is 0 Å². The number of hydrogen-bond acceptors (Lipinski definition) is 4. The molecule has 2 saturated heterocycles. The van der Waals surface area contributed by atoms with Crippen molar-refractivity contribution in [2.24, 2.45) is 0 Å². The monoisotopic (exact) mass is 254 g/mol. The van der Waals surface area contributed by atoms with Crippen LogP contribution >= 0.6 is 0 Å². The van der Waals surface area contributed by atoms with Crippen molar-refractivity contribution in [2.45, 2.75) is 57.7 Å². The molecule has 2 rings (SSSR count). The van der Waals surface area contributed by atoms with Gasteiger partial charge in [-0.3, -0.25) is 14.6 Å². The summed E-state index contributed by atoms with van der Waals surface area (Å²) in [6.07, 6.45) is 3.31. The van der Waals surface area contributed by atoms with Gasteiger partial charge in [-0.05, 0) is 40.0 Å². The molecule has 4 nitrogen and oxygen atoms in total. The van der Waals surface area contributed by atoms with E-state index < -0.39 is 0 Å². The zero-order valence-electron chi connectivity index (χ0n) is 12.1. The summed E-state index contributed by atoms with van der Waals surface area (Å²) in [5, 5.41) is 0. The van der Waals surface area contributed by atoms with E-state index in [0.29, 0.717) is 6.04 Å². The van der Waals surface area contributed by atoms with Crippen molar-refractivity contribution in [1.29, 1.82) is 0 Å². The lowest BCUT2D eigenvalue weighted by Gasteiger charge is -2.49. The van der Waals surface area contributed by atoms with Gasteiger partial charge in [0.15, 0.2) is 0 Å². The van der Waals surface area contributed by atoms with E-state index in [1.165, 1.54) is 20.0 Å². The van der Waals surface area contributed by atoms with Crippen LogP contribution in [-0.2, 0) is 9.53 Å². The van der Waals surface area contributed by atoms with E-state index in [1.54, 1.807) is 0 Å². The summed E-state index contributed by atoms with van der Waals surface area (Å²) in [5.41, 5.74) is 0.266. The average molecular weight is 254 g/mol. The van der Waals surface area contributed by atoms with Gasteiger partial charge in [-0.2, -0.15) is 0 Å². The highest BCUT2D eigenvalue weighted by atomic mass is 16.5. The van der Waals surface area contributed by atoms with Crippen LogP contribution in [0.2, 0.25) is 0 Å². The van der Waals surface area contributed by atoms with Crippen LogP contribution in [0.4, 0.5) is 0 Å². The predicted octanol–water partition coefficient (Wildman–Crippen LogP) is 1.50. The van der Waals surface area contributed by atoms with Crippen molar-refractivity contribution in [3.05, 3.63) is 0 Å². The molecule has 2 aliphatic heterocycles. The molecule has 4 heteroatoms. The molecule has 0 unspecified atom stereocenters. The minimum absolute atomic E-state index is 0.0289. The zero-order valence-corrected chi connectivity index (χ0v) is 12.1. The SMILES string of the molecule is COC(=O)[C@H]1CCN1C1CCN(C(C)(C)C)CC1. The van der Waals surface area contributed by atoms with Crippen LogP contribution in [0.1, 0.15) is 40.0 Å². The van der Waals surface area contributed by atoms with E-state index in [0.717, 1.165) is 26.1 Å². The van der Waals surface area contributed by atoms with Crippen molar-refractivity contribution < 1.29 is 9.53 Å². The van der Waals surface area contributed by atoms with Gasteiger partial charge in [0, 0.05) is 31.2 Å². The molecule has 18 heavy (non-hydrogen) atoms. The van der Waals surface area contributed by atoms with Crippen LogP contribution in [0.15, 0.2) is 0 Å². The summed E-state index contributed by atoms with van der Waals surface area (Å²) < 4.78 is 4.86. The second-order valence-corrected chi connectivity index (χ2v) is 6.45. The molecule has 0 aliphatic carbocycles. The van der Waals surface area contributed by atoms with Gasteiger partial charge < -0.3 is 4.74 Å². The van der Waals surface area contributed by atoms with Gasteiger partial charge in [-0.25, -0.2) is 0 Å². The molecule has 0 saturated carbocycles. The Kier molecular flexibility index (Phi) is 3.97. The summed E-state index contributed by atoms with van der Waals surface area (Å²) in [6, 6.07) is 0.600. The van der Waals surface area contributed by atoms with Gasteiger partial charge in [0.05, 0.1) is 7.11 Å². The predicted molar refractivity (Wildman–Crippen MR) is 71.5 cm³/mol. The van der Waals surface area contributed by atoms with E-state index in [-0.39, 0.29) is 17.6 Å². The molecule has 0 N–H and O–H groups in total. The van der Waals surface area contributed by atoms with E-state index >= 15 is 0 Å². The van der Waals surface area contributed by atoms with Crippen LogP contribution < -0.4 is 0 Å². The number of ether oxygens (including phenoxy) is 1. The number of methoxy groups -OCH3 is 1. The Labute approximate surface area is 110 Å². The number of esters is 1. The molecule has 0 radical (unpaired) electrons. The molecule has 0 bridgehead atoms. The molecular weight excluding hydrogens is 228 g/mol. The number of likely N-dealkylation sites (tertiary alicyclic amines) is 2. The Bertz CT molecular complexity index is 303. The number of carbonyl (C=O) groups is 1. The molecule has 0 aromatic heterocycles. The third kappa shape index (κ3) is 2.69. The highest BCUT2D eigenvalue weighted by molar-refractivity contribution is 5.76. The lowest BCUT2D eigenvalue weighted by molar-refractivity contribution is -0.155. The van der Waals surface area contributed by atoms with Gasteiger partial charge in [-0.1, -0.05) is 0 Å². The Hall–Kier alpha value is -0.610. The largest absolute Gasteiger partial charge is 0.468 e. The van der Waals surface area contributed by atoms with E-state index in [4.69, 9.17) is 4.74 Å². The standard InChI is InChI=1S/C14H26N2O2/c1-14(2,3)15-8-5-11(6-9-15)16-10-7-12(16)13(17)18-4/h11-12H,5-10H2,1-4H3/t12-/m1/s1. The Morgan fingerprint density at radius 3 is 2.11 bits per heavy atom. The third-order valence-electron chi connectivity index (χ3n) is 4.42. The first-order chi connectivity index (χ1) is 8.43. The van der Waals surface area contributed by atoms with Crippen LogP contribution in [0.25, 0.3) is 0 Å². The van der Waals surface area contributed by atoms with E-state index in [2.05, 4.69) is 30.6 Å². The fourth-order valence-corrected chi connectivity index (χ4v) is 3.10. The normalized spacial score (nSPS) is 27.9. The molecule has 0 aromatic carbocycles. The van der Waals surface area contributed by atoms with Crippen molar-refractivity contribution in [1.82, 2.24) is 9.80 Å². The zero-order chi connectivity index (χ0) is 13.3. The van der Waals surface area contributed by atoms with Crippen LogP contribution in [0.5, 0.6) is 0 Å². The molecule has 104 valence electrons. The van der Waals surface area contributed by atoms with Gasteiger partial charge in [0.1, 0.15) is 6.04 Å². The minimum atomic E-state index is -0.0560. The molecular formula is C14H26N2O2. The highest BCUT2D eigenvalue weighted by Crippen LogP contribution is 2.29. The number of hydrogen-bond donors (Lipinski definition) is 0. The first kappa shape index (κ1) is 13.8. The van der Waals surface area contributed by atoms with Gasteiger partial charge >= 0.3 is 5.97 Å². The van der Waals surface area contributed by atoms with Crippen molar-refractivity contribution in [2.75, 3.05) is 26.7 Å². The van der Waals surface area contributed by atoms with Crippen LogP contribution in [0, 0.1) is 0 Å². The van der Waals surface area contributed by atoms with Crippen LogP contribution in [0.3, 0.4) is 0 Å². The molecule has 0 amide bonds. The molecule has 0 aromatic rings. The summed E-state index contributed by atoms with van der Waals surface area (Å²) in [7, 11) is 1.49. The van der Waals surface area contributed by atoms with E-state index in [1.807, 2.05) is 0 Å². The fraction of sp³-hybridized carbons (Fsp3) is 0.929. The maximum absolute atomic E-state index is 11.6. The number of nitrogens with zero attached hydrogens (tertiary/aromatic N) is 2. The topological polar surface area (TPSA) is 32.8 Å². The van der Waals surface area contributed by atoms with Gasteiger partial charge in [-0.15, -0.1) is 0 Å². The summed E-state index contributed by atoms with van der Waals surface area (Å²) >= 11 is 0. The second kappa shape index (κ2) is 5.17. The van der Waals surface area contributed by atoms with Crippen molar-refractivity contribution in [3.8, 4) is 0 Å². The van der Waals surface area contributed by atoms with E-state index in [9.17, 15) is 4.79 Å². The second-order valence-electron chi connectivity index (χ2n) is 6.45. The smallest absolute Gasteiger partial charge is 0.323 e. The Morgan fingerprint density at radius 1 is 1.11 bits per heavy atom. The average Bonchev–Trinajstić information content (AvgIpc) is 2.27. The summed E-state index contributed by atoms with van der Waals surface area (Å²) in [4.78, 5) is 16.5. The lowest BCUT2D eigenvalue weighted by Crippen LogP contribution is -2.60. The third-order valence-corrected chi connectivity index (χ3v) is 4.42. The molecule has 2 fully saturated rings. The summed E-state index contributed by atoms with van der Waals surface area (Å²) in [6.45, 7) is 10.1. The van der Waals surface area contributed by atoms with Crippen LogP contribution in [-0.4, -0.2) is 60.1 Å². The first-order valence-corrected chi connectivity index (χ1v) is 7.02. The Balaban J connectivity index is 1.85.